The zero-order chi connectivity index (χ0) is 22.4. The fourth-order valence-electron chi connectivity index (χ4n) is 5.40. The number of fused-ring (bicyclic) bond motifs is 1. The van der Waals surface area contributed by atoms with E-state index < -0.39 is 0 Å². The fourth-order valence-corrected chi connectivity index (χ4v) is 5.40. The molecule has 2 aliphatic heterocycles. The average Bonchev–Trinajstić information content (AvgIpc) is 3.15. The van der Waals surface area contributed by atoms with Crippen molar-refractivity contribution in [1.29, 1.82) is 0 Å². The number of likely N-dealkylation sites (tertiary alicyclic amines) is 2. The van der Waals surface area contributed by atoms with E-state index in [1.54, 1.807) is 0 Å². The van der Waals surface area contributed by atoms with Crippen molar-refractivity contribution in [2.45, 2.75) is 57.5 Å². The van der Waals surface area contributed by atoms with Gasteiger partial charge in [0.05, 0.1) is 11.0 Å². The van der Waals surface area contributed by atoms with Gasteiger partial charge >= 0.3 is 0 Å². The zero-order valence-electron chi connectivity index (χ0n) is 20.6. The van der Waals surface area contributed by atoms with Gasteiger partial charge in [-0.05, 0) is 84.4 Å². The number of hydrogen-bond donors (Lipinski definition) is 2. The third kappa shape index (κ3) is 6.39. The number of aliphatic imine (C=N–C) groups is 1. The van der Waals surface area contributed by atoms with E-state index in [2.05, 4.69) is 73.2 Å². The van der Waals surface area contributed by atoms with Gasteiger partial charge in [-0.2, -0.15) is 0 Å². The van der Waals surface area contributed by atoms with Crippen LogP contribution in [0.1, 0.15) is 44.3 Å². The highest BCUT2D eigenvalue weighted by molar-refractivity contribution is 14.0. The minimum atomic E-state index is 0. The van der Waals surface area contributed by atoms with Crippen molar-refractivity contribution in [3.05, 3.63) is 30.1 Å². The van der Waals surface area contributed by atoms with E-state index in [0.717, 1.165) is 43.4 Å². The van der Waals surface area contributed by atoms with Gasteiger partial charge in [-0.15, -0.1) is 24.0 Å². The van der Waals surface area contributed by atoms with Gasteiger partial charge in [-0.3, -0.25) is 9.89 Å². The largest absolute Gasteiger partial charge is 0.356 e. The third-order valence-electron chi connectivity index (χ3n) is 7.45. The SMILES string of the molecule is CN=C(NCCCn1c(C)nc2ccccc21)NCC1(N2CCCCC2)CCN(C)CC1.I. The van der Waals surface area contributed by atoms with Crippen LogP contribution in [-0.2, 0) is 6.54 Å². The Bertz CT molecular complexity index is 895. The molecule has 0 spiro atoms. The predicted octanol–water partition coefficient (Wildman–Crippen LogP) is 3.47. The lowest BCUT2D eigenvalue weighted by Gasteiger charge is -2.50. The Morgan fingerprint density at radius 3 is 2.52 bits per heavy atom. The summed E-state index contributed by atoms with van der Waals surface area (Å²) in [7, 11) is 4.13. The van der Waals surface area contributed by atoms with Crippen LogP contribution in [0.2, 0.25) is 0 Å². The van der Waals surface area contributed by atoms with Gasteiger partial charge in [0.25, 0.3) is 0 Å². The lowest BCUT2D eigenvalue weighted by Crippen LogP contribution is -2.62. The summed E-state index contributed by atoms with van der Waals surface area (Å²) in [5.74, 6) is 2.01. The van der Waals surface area contributed by atoms with Gasteiger partial charge < -0.3 is 20.1 Å². The lowest BCUT2D eigenvalue weighted by atomic mass is 9.84. The minimum Gasteiger partial charge on any atom is -0.356 e. The Morgan fingerprint density at radius 1 is 1.06 bits per heavy atom. The zero-order valence-corrected chi connectivity index (χ0v) is 23.0. The summed E-state index contributed by atoms with van der Waals surface area (Å²) in [6, 6.07) is 8.39. The van der Waals surface area contributed by atoms with Crippen LogP contribution in [0.15, 0.2) is 29.3 Å². The van der Waals surface area contributed by atoms with Gasteiger partial charge in [0.1, 0.15) is 5.82 Å². The summed E-state index contributed by atoms with van der Waals surface area (Å²) in [6.07, 6.45) is 7.57. The molecule has 3 heterocycles. The molecule has 0 bridgehead atoms. The minimum absolute atomic E-state index is 0. The quantitative estimate of drug-likeness (QED) is 0.232. The molecule has 0 unspecified atom stereocenters. The summed E-state index contributed by atoms with van der Waals surface area (Å²) in [5.41, 5.74) is 2.56. The van der Waals surface area contributed by atoms with Crippen molar-refractivity contribution in [2.24, 2.45) is 4.99 Å². The molecule has 2 N–H and O–H groups in total. The summed E-state index contributed by atoms with van der Waals surface area (Å²) >= 11 is 0. The number of imidazole rings is 1. The van der Waals surface area contributed by atoms with Crippen LogP contribution in [0, 0.1) is 6.92 Å². The van der Waals surface area contributed by atoms with Crippen LogP contribution in [0.4, 0.5) is 0 Å². The highest BCUT2D eigenvalue weighted by atomic mass is 127. The first-order chi connectivity index (χ1) is 15.6. The molecule has 0 saturated carbocycles. The molecule has 0 atom stereocenters. The van der Waals surface area contributed by atoms with E-state index in [4.69, 9.17) is 0 Å². The number of benzene rings is 1. The van der Waals surface area contributed by atoms with Crippen molar-refractivity contribution in [3.8, 4) is 0 Å². The second kappa shape index (κ2) is 12.4. The van der Waals surface area contributed by atoms with Crippen LogP contribution in [0.3, 0.4) is 0 Å². The molecule has 33 heavy (non-hydrogen) atoms. The molecule has 1 aromatic carbocycles. The van der Waals surface area contributed by atoms with Crippen LogP contribution in [-0.4, -0.2) is 84.2 Å². The van der Waals surface area contributed by atoms with Crippen LogP contribution in [0.25, 0.3) is 11.0 Å². The molecular formula is C25H42IN7. The van der Waals surface area contributed by atoms with E-state index in [0.29, 0.717) is 0 Å². The molecule has 7 nitrogen and oxygen atoms in total. The van der Waals surface area contributed by atoms with Crippen molar-refractivity contribution in [2.75, 3.05) is 53.4 Å². The molecule has 2 fully saturated rings. The maximum atomic E-state index is 4.68. The summed E-state index contributed by atoms with van der Waals surface area (Å²) in [4.78, 5) is 14.4. The van der Waals surface area contributed by atoms with Crippen molar-refractivity contribution in [1.82, 2.24) is 30.0 Å². The number of rotatable bonds is 7. The first-order valence-electron chi connectivity index (χ1n) is 12.4. The standard InChI is InChI=1S/C25H41N7.HI/c1-21-29-22-10-5-6-11-23(22)32(21)17-9-14-27-24(26-2)28-20-25(12-18-30(3)19-13-25)31-15-7-4-8-16-31;/h5-6,10-11H,4,7-9,12-20H2,1-3H3,(H2,26,27,28);1H. The molecule has 0 aliphatic carbocycles. The first kappa shape index (κ1) is 26.2. The molecule has 4 rings (SSSR count). The second-order valence-corrected chi connectivity index (χ2v) is 9.58. The monoisotopic (exact) mass is 567 g/mol. The Labute approximate surface area is 216 Å². The topological polar surface area (TPSA) is 60.7 Å². The number of nitrogens with zero attached hydrogens (tertiary/aromatic N) is 5. The Hall–Kier alpha value is -1.39. The molecule has 2 saturated heterocycles. The smallest absolute Gasteiger partial charge is 0.191 e. The van der Waals surface area contributed by atoms with E-state index in [1.165, 1.54) is 63.8 Å². The molecule has 0 amide bonds. The number of piperidine rings is 2. The third-order valence-corrected chi connectivity index (χ3v) is 7.45. The number of aromatic nitrogens is 2. The van der Waals surface area contributed by atoms with E-state index in [-0.39, 0.29) is 29.5 Å². The number of halogens is 1. The normalized spacial score (nSPS) is 19.9. The number of aryl methyl sites for hydroxylation is 2. The Morgan fingerprint density at radius 2 is 1.79 bits per heavy atom. The molecule has 2 aliphatic rings. The van der Waals surface area contributed by atoms with Crippen LogP contribution >= 0.6 is 24.0 Å². The average molecular weight is 568 g/mol. The molecule has 0 radical (unpaired) electrons. The Balaban J connectivity index is 0.00000306. The van der Waals surface area contributed by atoms with Gasteiger partial charge in [0.15, 0.2) is 5.96 Å². The highest BCUT2D eigenvalue weighted by Gasteiger charge is 2.39. The van der Waals surface area contributed by atoms with Crippen LogP contribution < -0.4 is 10.6 Å². The highest BCUT2D eigenvalue weighted by Crippen LogP contribution is 2.30. The molecule has 2 aromatic rings. The number of nitrogens with one attached hydrogen (secondary N) is 2. The molecule has 1 aromatic heterocycles. The van der Waals surface area contributed by atoms with Crippen molar-refractivity contribution >= 4 is 41.0 Å². The maximum Gasteiger partial charge on any atom is 0.191 e. The maximum absolute atomic E-state index is 4.68. The van der Waals surface area contributed by atoms with Gasteiger partial charge in [-0.25, -0.2) is 4.98 Å². The summed E-state index contributed by atoms with van der Waals surface area (Å²) < 4.78 is 2.32. The van der Waals surface area contributed by atoms with Crippen molar-refractivity contribution in [3.63, 3.8) is 0 Å². The second-order valence-electron chi connectivity index (χ2n) is 9.58. The fraction of sp³-hybridized carbons (Fsp3) is 0.680. The van der Waals surface area contributed by atoms with E-state index in [1.807, 2.05) is 7.05 Å². The first-order valence-corrected chi connectivity index (χ1v) is 12.4. The van der Waals surface area contributed by atoms with Gasteiger partial charge in [0, 0.05) is 32.2 Å². The van der Waals surface area contributed by atoms with E-state index in [9.17, 15) is 0 Å². The number of para-hydroxylation sites is 2. The molecule has 8 heteroatoms. The molecular weight excluding hydrogens is 525 g/mol. The summed E-state index contributed by atoms with van der Waals surface area (Å²) in [6.45, 7) is 9.78. The number of hydrogen-bond acceptors (Lipinski definition) is 4. The lowest BCUT2D eigenvalue weighted by molar-refractivity contribution is 0.0173. The number of guanidine groups is 1. The molecule has 184 valence electrons. The Kier molecular flexibility index (Phi) is 9.81. The van der Waals surface area contributed by atoms with E-state index >= 15 is 0 Å². The van der Waals surface area contributed by atoms with Crippen LogP contribution in [0.5, 0.6) is 0 Å². The van der Waals surface area contributed by atoms with Gasteiger partial charge in [0.2, 0.25) is 0 Å². The summed E-state index contributed by atoms with van der Waals surface area (Å²) in [5, 5.41) is 7.23. The predicted molar refractivity (Wildman–Crippen MR) is 149 cm³/mol. The van der Waals surface area contributed by atoms with Crippen molar-refractivity contribution < 1.29 is 0 Å². The van der Waals surface area contributed by atoms with Gasteiger partial charge in [-0.1, -0.05) is 18.6 Å².